The first-order valence-corrected chi connectivity index (χ1v) is 6.46. The van der Waals surface area contributed by atoms with Gasteiger partial charge in [-0.05, 0) is 52.9 Å². The van der Waals surface area contributed by atoms with Gasteiger partial charge in [0.15, 0.2) is 0 Å². The molecule has 0 aromatic heterocycles. The maximum Gasteiger partial charge on any atom is 0.343 e. The monoisotopic (exact) mass is 368 g/mol. The second-order valence-corrected chi connectivity index (χ2v) is 4.95. The first-order chi connectivity index (χ1) is 9.08. The fraction of sp³-hybridized carbons (Fsp3) is 0. The van der Waals surface area contributed by atoms with Crippen LogP contribution < -0.4 is 4.74 Å². The van der Waals surface area contributed by atoms with Crippen molar-refractivity contribution in [3.63, 3.8) is 0 Å². The molecule has 0 saturated carbocycles. The summed E-state index contributed by atoms with van der Waals surface area (Å²) in [5, 5.41) is 9.05. The van der Waals surface area contributed by atoms with Crippen molar-refractivity contribution in [2.24, 2.45) is 0 Å². The second-order valence-electron chi connectivity index (χ2n) is 3.70. The molecule has 0 radical (unpaired) electrons. The van der Waals surface area contributed by atoms with E-state index in [1.54, 1.807) is 36.4 Å². The predicted molar refractivity (Wildman–Crippen MR) is 77.5 cm³/mol. The van der Waals surface area contributed by atoms with E-state index in [1.165, 1.54) is 12.1 Å². The number of carboxylic acid groups (broad SMARTS) is 1. The van der Waals surface area contributed by atoms with Crippen LogP contribution in [0.3, 0.4) is 0 Å². The van der Waals surface area contributed by atoms with Crippen LogP contribution in [-0.4, -0.2) is 17.0 Å². The molecule has 0 aliphatic rings. The van der Waals surface area contributed by atoms with E-state index < -0.39 is 11.9 Å². The highest BCUT2D eigenvalue weighted by Gasteiger charge is 2.15. The summed E-state index contributed by atoms with van der Waals surface area (Å²) >= 11 is 2.02. The topological polar surface area (TPSA) is 63.6 Å². The van der Waals surface area contributed by atoms with Gasteiger partial charge in [0.2, 0.25) is 0 Å². The molecular formula is C14H9IO4. The van der Waals surface area contributed by atoms with Gasteiger partial charge in [-0.25, -0.2) is 9.59 Å². The quantitative estimate of drug-likeness (QED) is 0.514. The Morgan fingerprint density at radius 3 is 2.37 bits per heavy atom. The molecule has 0 amide bonds. The van der Waals surface area contributed by atoms with Crippen LogP contribution in [0.25, 0.3) is 0 Å². The Hall–Kier alpha value is -1.89. The van der Waals surface area contributed by atoms with Crippen molar-refractivity contribution in [3.05, 3.63) is 63.2 Å². The largest absolute Gasteiger partial charge is 0.478 e. The highest BCUT2D eigenvalue weighted by Crippen LogP contribution is 2.22. The summed E-state index contributed by atoms with van der Waals surface area (Å²) in [7, 11) is 0. The average Bonchev–Trinajstić information content (AvgIpc) is 2.39. The van der Waals surface area contributed by atoms with Crippen molar-refractivity contribution in [2.75, 3.05) is 0 Å². The molecule has 0 fully saturated rings. The molecule has 1 N–H and O–H groups in total. The third-order valence-electron chi connectivity index (χ3n) is 2.39. The van der Waals surface area contributed by atoms with E-state index in [0.29, 0.717) is 5.56 Å². The zero-order valence-corrected chi connectivity index (χ0v) is 11.8. The number of carboxylic acids is 1. The molecule has 19 heavy (non-hydrogen) atoms. The summed E-state index contributed by atoms with van der Waals surface area (Å²) < 4.78 is 5.94. The lowest BCUT2D eigenvalue weighted by atomic mass is 10.2. The SMILES string of the molecule is O=C(Oc1cc(I)ccc1C(=O)O)c1ccccc1. The van der Waals surface area contributed by atoms with Gasteiger partial charge in [-0.1, -0.05) is 18.2 Å². The van der Waals surface area contributed by atoms with Gasteiger partial charge in [-0.3, -0.25) is 0 Å². The first kappa shape index (κ1) is 13.5. The number of hydrogen-bond acceptors (Lipinski definition) is 3. The lowest BCUT2D eigenvalue weighted by Gasteiger charge is -2.07. The standard InChI is InChI=1S/C14H9IO4/c15-10-6-7-11(13(16)17)12(8-10)19-14(18)9-4-2-1-3-5-9/h1-8H,(H,16,17). The Labute approximate surface area is 123 Å². The third kappa shape index (κ3) is 3.31. The van der Waals surface area contributed by atoms with E-state index in [4.69, 9.17) is 9.84 Å². The number of aromatic carboxylic acids is 1. The number of hydrogen-bond donors (Lipinski definition) is 1. The van der Waals surface area contributed by atoms with Gasteiger partial charge in [0.25, 0.3) is 0 Å². The minimum absolute atomic E-state index is 0.0373. The normalized spacial score (nSPS) is 9.95. The van der Waals surface area contributed by atoms with E-state index in [1.807, 2.05) is 22.6 Å². The van der Waals surface area contributed by atoms with Crippen LogP contribution in [0, 0.1) is 3.57 Å². The summed E-state index contributed by atoms with van der Waals surface area (Å²) in [6.45, 7) is 0. The Balaban J connectivity index is 2.31. The van der Waals surface area contributed by atoms with Gasteiger partial charge in [0.05, 0.1) is 5.56 Å². The molecule has 0 heterocycles. The van der Waals surface area contributed by atoms with Crippen LogP contribution in [0.2, 0.25) is 0 Å². The molecule has 2 aromatic rings. The number of esters is 1. The molecule has 2 aromatic carbocycles. The molecule has 0 aliphatic carbocycles. The van der Waals surface area contributed by atoms with E-state index in [-0.39, 0.29) is 11.3 Å². The highest BCUT2D eigenvalue weighted by molar-refractivity contribution is 14.1. The Kier molecular flexibility index (Phi) is 4.16. The van der Waals surface area contributed by atoms with Crippen molar-refractivity contribution in [2.45, 2.75) is 0 Å². The van der Waals surface area contributed by atoms with Crippen LogP contribution in [-0.2, 0) is 0 Å². The Morgan fingerprint density at radius 2 is 1.74 bits per heavy atom. The number of benzene rings is 2. The maximum atomic E-state index is 11.9. The van der Waals surface area contributed by atoms with Crippen molar-refractivity contribution < 1.29 is 19.4 Å². The fourth-order valence-corrected chi connectivity index (χ4v) is 1.95. The lowest BCUT2D eigenvalue weighted by molar-refractivity contribution is 0.0681. The molecular weight excluding hydrogens is 359 g/mol. The minimum atomic E-state index is -1.13. The summed E-state index contributed by atoms with van der Waals surface area (Å²) in [6, 6.07) is 13.0. The van der Waals surface area contributed by atoms with Gasteiger partial charge >= 0.3 is 11.9 Å². The van der Waals surface area contributed by atoms with Gasteiger partial charge in [0, 0.05) is 3.57 Å². The molecule has 0 aliphatic heterocycles. The van der Waals surface area contributed by atoms with Crippen LogP contribution in [0.5, 0.6) is 5.75 Å². The van der Waals surface area contributed by atoms with Crippen LogP contribution in [0.4, 0.5) is 0 Å². The summed E-state index contributed by atoms with van der Waals surface area (Å²) in [6.07, 6.45) is 0. The Bertz CT molecular complexity index is 623. The molecule has 0 unspecified atom stereocenters. The number of carbonyl (C=O) groups is 2. The minimum Gasteiger partial charge on any atom is -0.478 e. The smallest absolute Gasteiger partial charge is 0.343 e. The molecule has 0 saturated heterocycles. The highest BCUT2D eigenvalue weighted by atomic mass is 127. The van der Waals surface area contributed by atoms with Crippen molar-refractivity contribution >= 4 is 34.5 Å². The fourth-order valence-electron chi connectivity index (χ4n) is 1.49. The van der Waals surface area contributed by atoms with E-state index in [2.05, 4.69) is 0 Å². The summed E-state index contributed by atoms with van der Waals surface area (Å²) in [4.78, 5) is 22.9. The van der Waals surface area contributed by atoms with Gasteiger partial charge in [-0.15, -0.1) is 0 Å². The van der Waals surface area contributed by atoms with Crippen molar-refractivity contribution in [3.8, 4) is 5.75 Å². The van der Waals surface area contributed by atoms with E-state index in [0.717, 1.165) is 3.57 Å². The number of rotatable bonds is 3. The molecule has 96 valence electrons. The van der Waals surface area contributed by atoms with Crippen LogP contribution in [0.1, 0.15) is 20.7 Å². The van der Waals surface area contributed by atoms with Gasteiger partial charge in [-0.2, -0.15) is 0 Å². The predicted octanol–water partition coefficient (Wildman–Crippen LogP) is 3.21. The number of halogens is 1. The molecule has 0 spiro atoms. The maximum absolute atomic E-state index is 11.9. The zero-order chi connectivity index (χ0) is 13.8. The summed E-state index contributed by atoms with van der Waals surface area (Å²) in [5.41, 5.74) is 0.336. The van der Waals surface area contributed by atoms with E-state index >= 15 is 0 Å². The van der Waals surface area contributed by atoms with Gasteiger partial charge < -0.3 is 9.84 Å². The van der Waals surface area contributed by atoms with Crippen molar-refractivity contribution in [1.29, 1.82) is 0 Å². The molecule has 2 rings (SSSR count). The Morgan fingerprint density at radius 1 is 1.05 bits per heavy atom. The number of ether oxygens (including phenoxy) is 1. The molecule has 0 bridgehead atoms. The zero-order valence-electron chi connectivity index (χ0n) is 9.67. The van der Waals surface area contributed by atoms with Crippen LogP contribution >= 0.6 is 22.6 Å². The van der Waals surface area contributed by atoms with Crippen molar-refractivity contribution in [1.82, 2.24) is 0 Å². The molecule has 0 atom stereocenters. The third-order valence-corrected chi connectivity index (χ3v) is 3.06. The molecule has 4 nitrogen and oxygen atoms in total. The first-order valence-electron chi connectivity index (χ1n) is 5.38. The average molecular weight is 368 g/mol. The second kappa shape index (κ2) is 5.83. The number of carbonyl (C=O) groups excluding carboxylic acids is 1. The van der Waals surface area contributed by atoms with Gasteiger partial charge in [0.1, 0.15) is 11.3 Å². The lowest BCUT2D eigenvalue weighted by Crippen LogP contribution is -2.11. The summed E-state index contributed by atoms with van der Waals surface area (Å²) in [5.74, 6) is -1.66. The molecule has 5 heteroatoms. The van der Waals surface area contributed by atoms with E-state index in [9.17, 15) is 9.59 Å². The van der Waals surface area contributed by atoms with Crippen LogP contribution in [0.15, 0.2) is 48.5 Å².